The minimum absolute atomic E-state index is 0.624. The van der Waals surface area contributed by atoms with Crippen LogP contribution in [0.3, 0.4) is 0 Å². The minimum Gasteiger partial charge on any atom is -0.380 e. The van der Waals surface area contributed by atoms with Gasteiger partial charge < -0.3 is 5.32 Å². The van der Waals surface area contributed by atoms with Gasteiger partial charge in [-0.1, -0.05) is 0 Å². The minimum atomic E-state index is -4.28. The Morgan fingerprint density at radius 1 is 1.11 bits per heavy atom. The van der Waals surface area contributed by atoms with Crippen LogP contribution in [0.15, 0.2) is 30.3 Å². The number of hydrogen-bond acceptors (Lipinski definition) is 2. The summed E-state index contributed by atoms with van der Waals surface area (Å²) in [5.41, 5.74) is 1.31. The number of benzene rings is 1. The highest BCUT2D eigenvalue weighted by Crippen LogP contribution is 2.30. The topological polar surface area (TPSA) is 12.0 Å². The van der Waals surface area contributed by atoms with E-state index >= 15 is 0 Å². The highest BCUT2D eigenvalue weighted by molar-refractivity contribution is 7.12. The Hall–Kier alpha value is -1.49. The van der Waals surface area contributed by atoms with Crippen molar-refractivity contribution in [2.45, 2.75) is 26.6 Å². The second kappa shape index (κ2) is 5.25. The van der Waals surface area contributed by atoms with Crippen LogP contribution in [0.2, 0.25) is 0 Å². The molecule has 0 saturated heterocycles. The number of rotatable bonds is 3. The van der Waals surface area contributed by atoms with E-state index in [1.807, 2.05) is 6.92 Å². The molecule has 0 atom stereocenters. The predicted molar refractivity (Wildman–Crippen MR) is 72.6 cm³/mol. The lowest BCUT2D eigenvalue weighted by Crippen LogP contribution is -2.05. The average Bonchev–Trinajstić information content (AvgIpc) is 2.66. The van der Waals surface area contributed by atoms with Gasteiger partial charge in [0.2, 0.25) is 0 Å². The number of nitrogens with one attached hydrogen (secondary N) is 1. The van der Waals surface area contributed by atoms with Crippen molar-refractivity contribution in [3.8, 4) is 0 Å². The molecular formula is C14H14F3NS. The van der Waals surface area contributed by atoms with Gasteiger partial charge in [0.1, 0.15) is 0 Å². The molecule has 0 radical (unpaired) electrons. The van der Waals surface area contributed by atoms with E-state index < -0.39 is 11.7 Å². The van der Waals surface area contributed by atoms with Crippen molar-refractivity contribution in [3.05, 3.63) is 51.2 Å². The summed E-state index contributed by atoms with van der Waals surface area (Å²) >= 11 is 1.70. The SMILES string of the molecule is Cc1cc(CNc2ccc(C(F)(F)F)cc2)sc1C. The van der Waals surface area contributed by atoms with E-state index in [0.717, 1.165) is 12.1 Å². The summed E-state index contributed by atoms with van der Waals surface area (Å²) in [6.07, 6.45) is -4.28. The third-order valence-corrected chi connectivity index (χ3v) is 4.05. The molecule has 0 fully saturated rings. The van der Waals surface area contributed by atoms with Crippen LogP contribution >= 0.6 is 11.3 Å². The Kier molecular flexibility index (Phi) is 3.85. The Balaban J connectivity index is 2.00. The zero-order chi connectivity index (χ0) is 14.0. The van der Waals surface area contributed by atoms with Gasteiger partial charge >= 0.3 is 6.18 Å². The van der Waals surface area contributed by atoms with Crippen LogP contribution in [0.1, 0.15) is 20.9 Å². The highest BCUT2D eigenvalue weighted by atomic mass is 32.1. The first-order chi connectivity index (χ1) is 8.86. The predicted octanol–water partition coefficient (Wildman–Crippen LogP) is 5.00. The van der Waals surface area contributed by atoms with Crippen LogP contribution in [0.25, 0.3) is 0 Å². The van der Waals surface area contributed by atoms with E-state index in [2.05, 4.69) is 18.3 Å². The molecule has 0 bridgehead atoms. The number of hydrogen-bond donors (Lipinski definition) is 1. The number of aryl methyl sites for hydroxylation is 2. The molecule has 0 aliphatic heterocycles. The van der Waals surface area contributed by atoms with Crippen molar-refractivity contribution in [3.63, 3.8) is 0 Å². The monoisotopic (exact) mass is 285 g/mol. The molecule has 1 heterocycles. The zero-order valence-electron chi connectivity index (χ0n) is 10.6. The van der Waals surface area contributed by atoms with E-state index in [4.69, 9.17) is 0 Å². The second-order valence-electron chi connectivity index (χ2n) is 4.38. The van der Waals surface area contributed by atoms with Crippen LogP contribution in [-0.2, 0) is 12.7 Å². The molecule has 0 spiro atoms. The summed E-state index contributed by atoms with van der Waals surface area (Å²) in [7, 11) is 0. The molecule has 1 aromatic heterocycles. The summed E-state index contributed by atoms with van der Waals surface area (Å²) in [6, 6.07) is 7.18. The lowest BCUT2D eigenvalue weighted by Gasteiger charge is -2.08. The molecule has 0 saturated carbocycles. The number of halogens is 3. The molecule has 19 heavy (non-hydrogen) atoms. The third kappa shape index (κ3) is 3.50. The van der Waals surface area contributed by atoms with Crippen LogP contribution in [-0.4, -0.2) is 0 Å². The van der Waals surface area contributed by atoms with Gasteiger partial charge in [-0.15, -0.1) is 11.3 Å². The molecule has 0 aliphatic rings. The van der Waals surface area contributed by atoms with Gasteiger partial charge in [-0.05, 0) is 49.7 Å². The van der Waals surface area contributed by atoms with E-state index in [9.17, 15) is 13.2 Å². The molecule has 0 amide bonds. The molecule has 0 unspecified atom stereocenters. The number of anilines is 1. The van der Waals surface area contributed by atoms with Crippen molar-refractivity contribution >= 4 is 17.0 Å². The van der Waals surface area contributed by atoms with Gasteiger partial charge in [0, 0.05) is 22.0 Å². The summed E-state index contributed by atoms with van der Waals surface area (Å²) in [5.74, 6) is 0. The van der Waals surface area contributed by atoms with Crippen molar-refractivity contribution < 1.29 is 13.2 Å². The molecule has 2 aromatic rings. The summed E-state index contributed by atoms with van der Waals surface area (Å²) in [4.78, 5) is 2.44. The summed E-state index contributed by atoms with van der Waals surface area (Å²) < 4.78 is 37.2. The van der Waals surface area contributed by atoms with E-state index in [1.54, 1.807) is 11.3 Å². The van der Waals surface area contributed by atoms with Gasteiger partial charge in [0.15, 0.2) is 0 Å². The number of thiophene rings is 1. The molecule has 102 valence electrons. The van der Waals surface area contributed by atoms with Gasteiger partial charge in [-0.2, -0.15) is 13.2 Å². The first-order valence-electron chi connectivity index (χ1n) is 5.83. The van der Waals surface area contributed by atoms with Crippen LogP contribution in [0, 0.1) is 13.8 Å². The fraction of sp³-hybridized carbons (Fsp3) is 0.286. The molecular weight excluding hydrogens is 271 g/mol. The molecule has 2 rings (SSSR count). The first-order valence-corrected chi connectivity index (χ1v) is 6.65. The van der Waals surface area contributed by atoms with Crippen molar-refractivity contribution in [1.29, 1.82) is 0 Å². The molecule has 1 nitrogen and oxygen atoms in total. The molecule has 1 N–H and O–H groups in total. The van der Waals surface area contributed by atoms with E-state index in [-0.39, 0.29) is 0 Å². The molecule has 1 aromatic carbocycles. The normalized spacial score (nSPS) is 11.6. The van der Waals surface area contributed by atoms with Crippen LogP contribution in [0.5, 0.6) is 0 Å². The maximum absolute atomic E-state index is 12.4. The highest BCUT2D eigenvalue weighted by Gasteiger charge is 2.29. The summed E-state index contributed by atoms with van der Waals surface area (Å²) in [5, 5.41) is 3.12. The fourth-order valence-corrected chi connectivity index (χ4v) is 2.70. The maximum atomic E-state index is 12.4. The van der Waals surface area contributed by atoms with Crippen molar-refractivity contribution in [2.75, 3.05) is 5.32 Å². The standard InChI is InChI=1S/C14H14F3NS/c1-9-7-13(19-10(9)2)8-18-12-5-3-11(4-6-12)14(15,16)17/h3-7,18H,8H2,1-2H3. The average molecular weight is 285 g/mol. The lowest BCUT2D eigenvalue weighted by molar-refractivity contribution is -0.137. The van der Waals surface area contributed by atoms with E-state index in [0.29, 0.717) is 12.2 Å². The Labute approximate surface area is 114 Å². The third-order valence-electron chi connectivity index (χ3n) is 2.90. The van der Waals surface area contributed by atoms with Gasteiger partial charge in [0.05, 0.1) is 5.56 Å². The molecule has 5 heteroatoms. The second-order valence-corrected chi connectivity index (χ2v) is 5.72. The Morgan fingerprint density at radius 3 is 2.21 bits per heavy atom. The Morgan fingerprint density at radius 2 is 1.74 bits per heavy atom. The smallest absolute Gasteiger partial charge is 0.380 e. The lowest BCUT2D eigenvalue weighted by atomic mass is 10.2. The first kappa shape index (κ1) is 13.9. The fourth-order valence-electron chi connectivity index (χ4n) is 1.70. The maximum Gasteiger partial charge on any atom is 0.416 e. The van der Waals surface area contributed by atoms with Gasteiger partial charge in [-0.25, -0.2) is 0 Å². The zero-order valence-corrected chi connectivity index (χ0v) is 11.5. The van der Waals surface area contributed by atoms with Gasteiger partial charge in [0.25, 0.3) is 0 Å². The van der Waals surface area contributed by atoms with Crippen LogP contribution < -0.4 is 5.32 Å². The largest absolute Gasteiger partial charge is 0.416 e. The quantitative estimate of drug-likeness (QED) is 0.837. The van der Waals surface area contributed by atoms with Crippen molar-refractivity contribution in [2.24, 2.45) is 0 Å². The number of alkyl halides is 3. The van der Waals surface area contributed by atoms with Crippen molar-refractivity contribution in [1.82, 2.24) is 0 Å². The van der Waals surface area contributed by atoms with E-state index in [1.165, 1.54) is 27.5 Å². The van der Waals surface area contributed by atoms with Crippen LogP contribution in [0.4, 0.5) is 18.9 Å². The Bertz CT molecular complexity index is 536. The molecule has 0 aliphatic carbocycles. The van der Waals surface area contributed by atoms with Gasteiger partial charge in [-0.3, -0.25) is 0 Å². The summed E-state index contributed by atoms with van der Waals surface area (Å²) in [6.45, 7) is 4.74.